The third kappa shape index (κ3) is 3.32. The summed E-state index contributed by atoms with van der Waals surface area (Å²) in [6, 6.07) is 0.718. The van der Waals surface area contributed by atoms with E-state index in [4.69, 9.17) is 0 Å². The molecule has 0 radical (unpaired) electrons. The van der Waals surface area contributed by atoms with Crippen molar-refractivity contribution in [2.24, 2.45) is 5.41 Å². The minimum absolute atomic E-state index is 0.0621. The van der Waals surface area contributed by atoms with E-state index in [1.165, 1.54) is 0 Å². The number of hydrogen-bond acceptors (Lipinski definition) is 2. The Kier molecular flexibility index (Phi) is 4.23. The molecule has 1 atom stereocenters. The number of nitrogens with one attached hydrogen (secondary N) is 1. The number of aromatic nitrogens is 1. The lowest BCUT2D eigenvalue weighted by molar-refractivity contribution is -0.150. The molecule has 0 bridgehead atoms. The number of nitrogens with zero attached hydrogens (tertiary/aromatic N) is 1. The maximum Gasteiger partial charge on any atom is 0.434 e. The van der Waals surface area contributed by atoms with Gasteiger partial charge in [-0.2, -0.15) is 26.3 Å². The average Bonchev–Trinajstić information content (AvgIpc) is 3.01. The van der Waals surface area contributed by atoms with Crippen molar-refractivity contribution in [1.29, 1.82) is 0 Å². The lowest BCUT2D eigenvalue weighted by Crippen LogP contribution is -2.54. The SMILES string of the molecule is O=C(NC1CCC12CCCC2)c1ccc(C(F)(F)F)nc1C(F)(F)F. The van der Waals surface area contributed by atoms with Gasteiger partial charge in [-0.15, -0.1) is 0 Å². The van der Waals surface area contributed by atoms with E-state index >= 15 is 0 Å². The first kappa shape index (κ1) is 18.0. The Morgan fingerprint density at radius 3 is 2.16 bits per heavy atom. The van der Waals surface area contributed by atoms with Gasteiger partial charge in [-0.3, -0.25) is 4.79 Å². The predicted octanol–water partition coefficient (Wildman–Crippen LogP) is 4.57. The molecule has 0 saturated heterocycles. The molecule has 1 spiro atoms. The van der Waals surface area contributed by atoms with Crippen molar-refractivity contribution in [2.75, 3.05) is 0 Å². The van der Waals surface area contributed by atoms with Crippen LogP contribution in [0.5, 0.6) is 0 Å². The molecule has 2 aliphatic carbocycles. The first-order chi connectivity index (χ1) is 11.5. The fourth-order valence-electron chi connectivity index (χ4n) is 3.85. The molecule has 25 heavy (non-hydrogen) atoms. The lowest BCUT2D eigenvalue weighted by Gasteiger charge is -2.47. The quantitative estimate of drug-likeness (QED) is 0.779. The lowest BCUT2D eigenvalue weighted by atomic mass is 9.63. The van der Waals surface area contributed by atoms with E-state index in [0.29, 0.717) is 18.6 Å². The number of carbonyl (C=O) groups is 1. The highest BCUT2D eigenvalue weighted by atomic mass is 19.4. The minimum atomic E-state index is -5.15. The van der Waals surface area contributed by atoms with Crippen LogP contribution in [-0.2, 0) is 12.4 Å². The number of carbonyl (C=O) groups excluding carboxylic acids is 1. The molecule has 2 fully saturated rings. The summed E-state index contributed by atoms with van der Waals surface area (Å²) in [6.45, 7) is 0. The Morgan fingerprint density at radius 2 is 1.68 bits per heavy atom. The normalized spacial score (nSPS) is 22.7. The van der Waals surface area contributed by atoms with Gasteiger partial charge >= 0.3 is 12.4 Å². The summed E-state index contributed by atoms with van der Waals surface area (Å²) in [7, 11) is 0. The van der Waals surface area contributed by atoms with Gasteiger partial charge in [-0.05, 0) is 43.2 Å². The molecule has 1 aromatic heterocycles. The van der Waals surface area contributed by atoms with Crippen molar-refractivity contribution in [3.63, 3.8) is 0 Å². The van der Waals surface area contributed by atoms with Crippen molar-refractivity contribution in [3.8, 4) is 0 Å². The summed E-state index contributed by atoms with van der Waals surface area (Å²) < 4.78 is 77.2. The molecular formula is C16H16F6N2O. The zero-order chi connectivity index (χ0) is 18.5. The van der Waals surface area contributed by atoms with Crippen LogP contribution in [-0.4, -0.2) is 16.9 Å². The van der Waals surface area contributed by atoms with Crippen LogP contribution in [0.2, 0.25) is 0 Å². The van der Waals surface area contributed by atoms with Crippen LogP contribution in [0.4, 0.5) is 26.3 Å². The summed E-state index contributed by atoms with van der Waals surface area (Å²) in [6.07, 6.45) is -4.74. The van der Waals surface area contributed by atoms with E-state index in [0.717, 1.165) is 32.1 Å². The zero-order valence-electron chi connectivity index (χ0n) is 13.1. The Hall–Kier alpha value is -1.80. The number of alkyl halides is 6. The first-order valence-electron chi connectivity index (χ1n) is 7.99. The van der Waals surface area contributed by atoms with E-state index in [9.17, 15) is 31.1 Å². The van der Waals surface area contributed by atoms with Crippen molar-refractivity contribution < 1.29 is 31.1 Å². The van der Waals surface area contributed by atoms with Gasteiger partial charge in [-0.25, -0.2) is 4.98 Å². The van der Waals surface area contributed by atoms with Crippen LogP contribution in [0.15, 0.2) is 12.1 Å². The van der Waals surface area contributed by atoms with E-state index in [2.05, 4.69) is 10.3 Å². The van der Waals surface area contributed by atoms with E-state index in [-0.39, 0.29) is 11.5 Å². The molecule has 1 amide bonds. The fraction of sp³-hybridized carbons (Fsp3) is 0.625. The standard InChI is InChI=1S/C16H16F6N2O/c17-15(18,19)11-4-3-9(12(23-11)16(20,21)22)13(25)24-10-5-8-14(10)6-1-2-7-14/h3-4,10H,1-2,5-8H2,(H,24,25). The third-order valence-corrected chi connectivity index (χ3v) is 5.27. The highest BCUT2D eigenvalue weighted by Crippen LogP contribution is 2.53. The highest BCUT2D eigenvalue weighted by molar-refractivity contribution is 5.95. The van der Waals surface area contributed by atoms with Gasteiger partial charge < -0.3 is 5.32 Å². The van der Waals surface area contributed by atoms with Crippen molar-refractivity contribution in [1.82, 2.24) is 10.3 Å². The Balaban J connectivity index is 1.87. The van der Waals surface area contributed by atoms with E-state index < -0.39 is 35.2 Å². The van der Waals surface area contributed by atoms with Crippen LogP contribution in [0, 0.1) is 5.41 Å². The average molecular weight is 366 g/mol. The Bertz CT molecular complexity index is 676. The van der Waals surface area contributed by atoms with Gasteiger partial charge in [0.2, 0.25) is 0 Å². The molecule has 0 aliphatic heterocycles. The Labute approximate surface area is 139 Å². The van der Waals surface area contributed by atoms with Crippen LogP contribution < -0.4 is 5.32 Å². The molecule has 2 saturated carbocycles. The minimum Gasteiger partial charge on any atom is -0.349 e. The summed E-state index contributed by atoms with van der Waals surface area (Å²) in [5.41, 5.74) is -4.42. The number of hydrogen-bond donors (Lipinski definition) is 1. The molecule has 3 nitrogen and oxygen atoms in total. The van der Waals surface area contributed by atoms with Crippen molar-refractivity contribution in [3.05, 3.63) is 29.1 Å². The maximum atomic E-state index is 13.1. The van der Waals surface area contributed by atoms with Gasteiger partial charge in [0.25, 0.3) is 5.91 Å². The molecule has 1 N–H and O–H groups in total. The number of amides is 1. The second-order valence-electron chi connectivity index (χ2n) is 6.72. The monoisotopic (exact) mass is 366 g/mol. The van der Waals surface area contributed by atoms with Crippen LogP contribution in [0.3, 0.4) is 0 Å². The Morgan fingerprint density at radius 1 is 1.04 bits per heavy atom. The van der Waals surface area contributed by atoms with Gasteiger partial charge in [-0.1, -0.05) is 12.8 Å². The summed E-state index contributed by atoms with van der Waals surface area (Å²) >= 11 is 0. The largest absolute Gasteiger partial charge is 0.434 e. The van der Waals surface area contributed by atoms with Crippen LogP contribution in [0.1, 0.15) is 60.3 Å². The number of halogens is 6. The molecular weight excluding hydrogens is 350 g/mol. The van der Waals surface area contributed by atoms with Gasteiger partial charge in [0.1, 0.15) is 5.69 Å². The first-order valence-corrected chi connectivity index (χ1v) is 7.99. The van der Waals surface area contributed by atoms with Crippen LogP contribution >= 0.6 is 0 Å². The topological polar surface area (TPSA) is 42.0 Å². The predicted molar refractivity (Wildman–Crippen MR) is 75.6 cm³/mol. The summed E-state index contributed by atoms with van der Waals surface area (Å²) in [4.78, 5) is 14.9. The molecule has 1 heterocycles. The summed E-state index contributed by atoms with van der Waals surface area (Å²) in [5, 5.41) is 2.58. The van der Waals surface area contributed by atoms with Crippen molar-refractivity contribution >= 4 is 5.91 Å². The zero-order valence-corrected chi connectivity index (χ0v) is 13.1. The second kappa shape index (κ2) is 5.88. The van der Waals surface area contributed by atoms with Crippen LogP contribution in [0.25, 0.3) is 0 Å². The van der Waals surface area contributed by atoms with Gasteiger partial charge in [0.05, 0.1) is 5.56 Å². The molecule has 1 unspecified atom stereocenters. The fourth-order valence-corrected chi connectivity index (χ4v) is 3.85. The molecule has 9 heteroatoms. The highest BCUT2D eigenvalue weighted by Gasteiger charge is 2.49. The van der Waals surface area contributed by atoms with E-state index in [1.807, 2.05) is 0 Å². The smallest absolute Gasteiger partial charge is 0.349 e. The molecule has 3 rings (SSSR count). The van der Waals surface area contributed by atoms with Gasteiger partial charge in [0.15, 0.2) is 5.69 Å². The maximum absolute atomic E-state index is 13.1. The van der Waals surface area contributed by atoms with Crippen molar-refractivity contribution in [2.45, 2.75) is 56.9 Å². The van der Waals surface area contributed by atoms with Gasteiger partial charge in [0, 0.05) is 6.04 Å². The molecule has 2 aliphatic rings. The third-order valence-electron chi connectivity index (χ3n) is 5.27. The summed E-state index contributed by atoms with van der Waals surface area (Å²) in [5.74, 6) is -1.02. The second-order valence-corrected chi connectivity index (χ2v) is 6.72. The number of rotatable bonds is 2. The molecule has 0 aromatic carbocycles. The van der Waals surface area contributed by atoms with E-state index in [1.54, 1.807) is 0 Å². The number of pyridine rings is 1. The molecule has 1 aromatic rings. The molecule has 138 valence electrons.